The Balaban J connectivity index is 0.00000341. The van der Waals surface area contributed by atoms with Crippen molar-refractivity contribution in [1.29, 1.82) is 0 Å². The summed E-state index contributed by atoms with van der Waals surface area (Å²) >= 11 is 11.8. The van der Waals surface area contributed by atoms with Crippen LogP contribution in [0.2, 0.25) is 10.0 Å². The van der Waals surface area contributed by atoms with Crippen LogP contribution in [-0.4, -0.2) is 47.2 Å². The van der Waals surface area contributed by atoms with Crippen LogP contribution in [0.1, 0.15) is 24.0 Å². The number of methoxy groups -OCH3 is 2. The Morgan fingerprint density at radius 2 is 1.68 bits per heavy atom. The Labute approximate surface area is 200 Å². The third-order valence-corrected chi connectivity index (χ3v) is 7.39. The largest absolute Gasteiger partial charge is 0.493 e. The zero-order valence-corrected chi connectivity index (χ0v) is 20.6. The van der Waals surface area contributed by atoms with Gasteiger partial charge < -0.3 is 9.47 Å². The van der Waals surface area contributed by atoms with Crippen LogP contribution in [0.4, 0.5) is 0 Å². The van der Waals surface area contributed by atoms with E-state index in [1.54, 1.807) is 14.2 Å². The number of nitrogens with zero attached hydrogens (tertiary/aromatic N) is 1. The topological polar surface area (TPSA) is 67.9 Å². The number of hydrogen-bond donors (Lipinski definition) is 1. The minimum Gasteiger partial charge on any atom is -0.493 e. The minimum absolute atomic E-state index is 0. The van der Waals surface area contributed by atoms with Gasteiger partial charge in [0.15, 0.2) is 11.5 Å². The molecule has 2 aromatic carbocycles. The maximum atomic E-state index is 12.4. The predicted octanol–water partition coefficient (Wildman–Crippen LogP) is 4.55. The van der Waals surface area contributed by atoms with Gasteiger partial charge >= 0.3 is 0 Å². The molecule has 0 fully saturated rings. The number of benzene rings is 2. The van der Waals surface area contributed by atoms with E-state index >= 15 is 0 Å². The van der Waals surface area contributed by atoms with Crippen molar-refractivity contribution in [3.05, 3.63) is 51.5 Å². The van der Waals surface area contributed by atoms with Gasteiger partial charge in [-0.2, -0.15) is 0 Å². The van der Waals surface area contributed by atoms with Crippen molar-refractivity contribution in [2.75, 3.05) is 33.9 Å². The SMILES string of the molecule is COc1cc2c(cc1OC)CN(CCCCNS(=O)(=O)c1ccc(Cl)c(Cl)c1)CC2.Cl. The summed E-state index contributed by atoms with van der Waals surface area (Å²) in [5.74, 6) is 1.51. The smallest absolute Gasteiger partial charge is 0.240 e. The average molecular weight is 510 g/mol. The van der Waals surface area contributed by atoms with Crippen molar-refractivity contribution in [2.24, 2.45) is 0 Å². The summed E-state index contributed by atoms with van der Waals surface area (Å²) in [6.07, 6.45) is 2.60. The van der Waals surface area contributed by atoms with Crippen LogP contribution < -0.4 is 14.2 Å². The van der Waals surface area contributed by atoms with E-state index in [1.807, 2.05) is 6.07 Å². The van der Waals surface area contributed by atoms with Gasteiger partial charge in [-0.1, -0.05) is 23.2 Å². The normalized spacial score (nSPS) is 13.9. The third-order valence-electron chi connectivity index (χ3n) is 5.19. The van der Waals surface area contributed by atoms with Crippen LogP contribution in [-0.2, 0) is 23.0 Å². The molecule has 0 saturated heterocycles. The molecule has 0 amide bonds. The van der Waals surface area contributed by atoms with Crippen LogP contribution in [0.3, 0.4) is 0 Å². The first-order chi connectivity index (χ1) is 14.3. The molecule has 1 aliphatic heterocycles. The molecule has 1 heterocycles. The number of hydrogen-bond acceptors (Lipinski definition) is 5. The second kappa shape index (κ2) is 11.6. The van der Waals surface area contributed by atoms with Gasteiger partial charge in [-0.15, -0.1) is 12.4 Å². The highest BCUT2D eigenvalue weighted by molar-refractivity contribution is 7.89. The number of unbranched alkanes of at least 4 members (excludes halogenated alkanes) is 1. The maximum absolute atomic E-state index is 12.4. The molecule has 0 aromatic heterocycles. The molecule has 6 nitrogen and oxygen atoms in total. The number of rotatable bonds is 9. The van der Waals surface area contributed by atoms with Crippen molar-refractivity contribution in [3.63, 3.8) is 0 Å². The molecular formula is C21H27Cl3N2O4S. The molecular weight excluding hydrogens is 483 g/mol. The van der Waals surface area contributed by atoms with Gasteiger partial charge in [-0.3, -0.25) is 4.90 Å². The highest BCUT2D eigenvalue weighted by Crippen LogP contribution is 2.33. The maximum Gasteiger partial charge on any atom is 0.240 e. The Morgan fingerprint density at radius 1 is 1.00 bits per heavy atom. The molecule has 0 spiro atoms. The van der Waals surface area contributed by atoms with Crippen LogP contribution >= 0.6 is 35.6 Å². The van der Waals surface area contributed by atoms with E-state index < -0.39 is 10.0 Å². The minimum atomic E-state index is -3.59. The molecule has 10 heteroatoms. The Morgan fingerprint density at radius 3 is 2.32 bits per heavy atom. The van der Waals surface area contributed by atoms with E-state index in [2.05, 4.69) is 15.7 Å². The van der Waals surface area contributed by atoms with Gasteiger partial charge in [0, 0.05) is 19.6 Å². The summed E-state index contributed by atoms with van der Waals surface area (Å²) in [7, 11) is -0.301. The molecule has 0 aliphatic carbocycles. The van der Waals surface area contributed by atoms with E-state index in [9.17, 15) is 8.42 Å². The van der Waals surface area contributed by atoms with Crippen LogP contribution in [0.5, 0.6) is 11.5 Å². The molecule has 0 bridgehead atoms. The quantitative estimate of drug-likeness (QED) is 0.502. The summed E-state index contributed by atoms with van der Waals surface area (Å²) in [4.78, 5) is 2.50. The number of ether oxygens (including phenoxy) is 2. The fraction of sp³-hybridized carbons (Fsp3) is 0.429. The van der Waals surface area contributed by atoms with Gasteiger partial charge in [0.05, 0.1) is 29.2 Å². The van der Waals surface area contributed by atoms with E-state index in [0.717, 1.165) is 50.4 Å². The lowest BCUT2D eigenvalue weighted by molar-refractivity contribution is 0.248. The van der Waals surface area contributed by atoms with Crippen molar-refractivity contribution in [2.45, 2.75) is 30.7 Å². The van der Waals surface area contributed by atoms with Gasteiger partial charge in [-0.25, -0.2) is 13.1 Å². The lowest BCUT2D eigenvalue weighted by Crippen LogP contribution is -2.32. The van der Waals surface area contributed by atoms with Crippen molar-refractivity contribution < 1.29 is 17.9 Å². The molecule has 1 aliphatic rings. The zero-order valence-electron chi connectivity index (χ0n) is 17.5. The molecule has 2 aromatic rings. The van der Waals surface area contributed by atoms with Gasteiger partial charge in [0.25, 0.3) is 0 Å². The standard InChI is InChI=1S/C21H26Cl2N2O4S.ClH/c1-28-20-11-15-7-10-25(14-16(15)12-21(20)29-2)9-4-3-8-24-30(26,27)17-5-6-18(22)19(23)13-17;/h5-6,11-13,24H,3-4,7-10,14H2,1-2H3;1H. The average Bonchev–Trinajstić information content (AvgIpc) is 2.74. The molecule has 0 atom stereocenters. The second-order valence-electron chi connectivity index (χ2n) is 7.18. The van der Waals surface area contributed by atoms with Crippen LogP contribution in [0.25, 0.3) is 0 Å². The Hall–Kier alpha value is -1.22. The number of nitrogens with one attached hydrogen (secondary N) is 1. The summed E-state index contributed by atoms with van der Waals surface area (Å²) in [6, 6.07) is 8.40. The van der Waals surface area contributed by atoms with Gasteiger partial charge in [0.2, 0.25) is 10.0 Å². The zero-order chi connectivity index (χ0) is 21.7. The number of fused-ring (bicyclic) bond motifs is 1. The molecule has 31 heavy (non-hydrogen) atoms. The molecule has 0 unspecified atom stereocenters. The Bertz CT molecular complexity index is 1000. The lowest BCUT2D eigenvalue weighted by atomic mass is 9.98. The fourth-order valence-electron chi connectivity index (χ4n) is 3.53. The fourth-order valence-corrected chi connectivity index (χ4v) is 4.99. The molecule has 0 saturated carbocycles. The molecule has 1 N–H and O–H groups in total. The summed E-state index contributed by atoms with van der Waals surface area (Å²) in [5, 5.41) is 0.550. The van der Waals surface area contributed by atoms with Crippen molar-refractivity contribution in [3.8, 4) is 11.5 Å². The first kappa shape index (κ1) is 26.0. The summed E-state index contributed by atoms with van der Waals surface area (Å²) in [6.45, 7) is 3.10. The van der Waals surface area contributed by atoms with Gasteiger partial charge in [0.1, 0.15) is 0 Å². The predicted molar refractivity (Wildman–Crippen MR) is 127 cm³/mol. The highest BCUT2D eigenvalue weighted by Gasteiger charge is 2.19. The van der Waals surface area contributed by atoms with E-state index in [-0.39, 0.29) is 22.3 Å². The van der Waals surface area contributed by atoms with E-state index in [0.29, 0.717) is 11.6 Å². The third kappa shape index (κ3) is 6.63. The molecule has 3 rings (SSSR count). The molecule has 172 valence electrons. The number of halogens is 3. The van der Waals surface area contributed by atoms with Crippen molar-refractivity contribution >= 4 is 45.6 Å². The Kier molecular flexibility index (Phi) is 9.73. The van der Waals surface area contributed by atoms with Crippen LogP contribution in [0.15, 0.2) is 35.2 Å². The lowest BCUT2D eigenvalue weighted by Gasteiger charge is -2.29. The van der Waals surface area contributed by atoms with Gasteiger partial charge in [-0.05, 0) is 67.3 Å². The van der Waals surface area contributed by atoms with E-state index in [1.165, 1.54) is 29.3 Å². The second-order valence-corrected chi connectivity index (χ2v) is 9.76. The van der Waals surface area contributed by atoms with E-state index in [4.69, 9.17) is 32.7 Å². The number of sulfonamides is 1. The monoisotopic (exact) mass is 508 g/mol. The molecule has 0 radical (unpaired) electrons. The van der Waals surface area contributed by atoms with Crippen molar-refractivity contribution in [1.82, 2.24) is 9.62 Å². The summed E-state index contributed by atoms with van der Waals surface area (Å²) < 4.78 is 38.1. The first-order valence-corrected chi connectivity index (χ1v) is 12.0. The first-order valence-electron chi connectivity index (χ1n) is 9.75. The van der Waals surface area contributed by atoms with Crippen LogP contribution in [0, 0.1) is 0 Å². The summed E-state index contributed by atoms with van der Waals surface area (Å²) in [5.41, 5.74) is 2.54. The highest BCUT2D eigenvalue weighted by atomic mass is 35.5.